The Morgan fingerprint density at radius 1 is 0.939 bits per heavy atom. The molecule has 33 heavy (non-hydrogen) atoms. The number of carbonyl (C=O) groups excluding carboxylic acids is 2. The number of aliphatic hydroxyl groups is 1. The lowest BCUT2D eigenvalue weighted by atomic mass is 9.34. The molecule has 7 atom stereocenters. The lowest BCUT2D eigenvalue weighted by molar-refractivity contribution is -0.171. The second-order valence-electron chi connectivity index (χ2n) is 14.5. The van der Waals surface area contributed by atoms with Crippen LogP contribution in [0.25, 0.3) is 0 Å². The molecule has 1 N–H and O–H groups in total. The highest BCUT2D eigenvalue weighted by Gasteiger charge is 2.69. The third kappa shape index (κ3) is 2.78. The van der Waals surface area contributed by atoms with Gasteiger partial charge in [-0.1, -0.05) is 60.1 Å². The van der Waals surface area contributed by atoms with Gasteiger partial charge in [-0.2, -0.15) is 0 Å². The third-order valence-electron chi connectivity index (χ3n) is 12.2. The molecule has 3 fully saturated rings. The molecule has 0 aromatic rings. The lowest BCUT2D eigenvalue weighted by Gasteiger charge is -2.69. The Balaban J connectivity index is 1.67. The summed E-state index contributed by atoms with van der Waals surface area (Å²) >= 11 is 0. The summed E-state index contributed by atoms with van der Waals surface area (Å²) in [5.41, 5.74) is 0.607. The largest absolute Gasteiger partial charge is 0.396 e. The minimum absolute atomic E-state index is 0.0459. The fraction of sp³-hybridized carbons (Fsp3) is 0.800. The average molecular weight is 453 g/mol. The van der Waals surface area contributed by atoms with E-state index in [0.717, 1.165) is 44.9 Å². The highest BCUT2D eigenvalue weighted by atomic mass is 16.3. The monoisotopic (exact) mass is 452 g/mol. The van der Waals surface area contributed by atoms with Crippen molar-refractivity contribution >= 4 is 11.6 Å². The van der Waals surface area contributed by atoms with Crippen LogP contribution in [0.3, 0.4) is 0 Å². The molecule has 5 aliphatic rings. The molecule has 3 saturated carbocycles. The van der Waals surface area contributed by atoms with Crippen molar-refractivity contribution in [2.24, 2.45) is 50.2 Å². The zero-order valence-electron chi connectivity index (χ0n) is 21.9. The van der Waals surface area contributed by atoms with Crippen LogP contribution in [0.2, 0.25) is 0 Å². The SMILES string of the molecule is CC1(C)CC[C@]2(CO)CC[C@]3(C)C(=CC(=O)[C@@H]4[C@@]5(C)C=CC(=O)C(C)(C)[C@@H]5CC[C@]43C)C2C1. The van der Waals surface area contributed by atoms with Crippen LogP contribution in [0.4, 0.5) is 0 Å². The van der Waals surface area contributed by atoms with Crippen LogP contribution in [0.15, 0.2) is 23.8 Å². The van der Waals surface area contributed by atoms with Gasteiger partial charge in [-0.05, 0) is 85.2 Å². The van der Waals surface area contributed by atoms with Crippen molar-refractivity contribution in [1.82, 2.24) is 0 Å². The van der Waals surface area contributed by atoms with Crippen LogP contribution in [0.5, 0.6) is 0 Å². The molecular weight excluding hydrogens is 408 g/mol. The van der Waals surface area contributed by atoms with Crippen molar-refractivity contribution in [3.63, 3.8) is 0 Å². The highest BCUT2D eigenvalue weighted by molar-refractivity contribution is 5.99. The number of hydrogen-bond acceptors (Lipinski definition) is 3. The second kappa shape index (κ2) is 6.71. The summed E-state index contributed by atoms with van der Waals surface area (Å²) < 4.78 is 0. The van der Waals surface area contributed by atoms with Gasteiger partial charge < -0.3 is 5.11 Å². The molecule has 3 heteroatoms. The van der Waals surface area contributed by atoms with Crippen LogP contribution in [-0.4, -0.2) is 23.3 Å². The third-order valence-corrected chi connectivity index (χ3v) is 12.2. The quantitative estimate of drug-likeness (QED) is 0.507. The van der Waals surface area contributed by atoms with E-state index < -0.39 is 5.41 Å². The topological polar surface area (TPSA) is 54.4 Å². The first-order chi connectivity index (χ1) is 15.2. The summed E-state index contributed by atoms with van der Waals surface area (Å²) in [6.45, 7) is 16.2. The summed E-state index contributed by atoms with van der Waals surface area (Å²) in [5, 5.41) is 10.6. The maximum Gasteiger partial charge on any atom is 0.161 e. The van der Waals surface area contributed by atoms with E-state index >= 15 is 0 Å². The van der Waals surface area contributed by atoms with Crippen molar-refractivity contribution in [3.8, 4) is 0 Å². The number of ketones is 2. The number of rotatable bonds is 1. The Morgan fingerprint density at radius 2 is 1.61 bits per heavy atom. The molecular formula is C30H44O3. The van der Waals surface area contributed by atoms with E-state index in [1.807, 2.05) is 6.08 Å². The first-order valence-electron chi connectivity index (χ1n) is 13.3. The van der Waals surface area contributed by atoms with Crippen molar-refractivity contribution in [1.29, 1.82) is 0 Å². The summed E-state index contributed by atoms with van der Waals surface area (Å²) in [6, 6.07) is 0. The normalized spacial score (nSPS) is 49.9. The van der Waals surface area contributed by atoms with Gasteiger partial charge in [0.15, 0.2) is 11.6 Å². The molecule has 0 aromatic carbocycles. The van der Waals surface area contributed by atoms with Gasteiger partial charge in [0.25, 0.3) is 0 Å². The van der Waals surface area contributed by atoms with Gasteiger partial charge in [-0.3, -0.25) is 9.59 Å². The van der Waals surface area contributed by atoms with Gasteiger partial charge in [0.05, 0.1) is 0 Å². The molecule has 0 aromatic heterocycles. The number of hydrogen-bond donors (Lipinski definition) is 1. The van der Waals surface area contributed by atoms with Gasteiger partial charge in [-0.25, -0.2) is 0 Å². The Labute approximate surface area is 200 Å². The minimum Gasteiger partial charge on any atom is -0.396 e. The van der Waals surface area contributed by atoms with Crippen LogP contribution in [0.1, 0.15) is 93.4 Å². The standard InChI is InChI=1S/C30H44O3/c1-25(2)12-14-30(18-31)15-13-28(6)19(20(30)17-25)16-21(32)24-27(5)10-9-23(33)26(3,4)22(27)8-11-29(24,28)7/h9-10,16,20,22,24,31H,8,11-15,17-18H2,1-7H3/t20?,22-,24+,27-,28+,29+,30+/m0/s1. The van der Waals surface area contributed by atoms with E-state index in [1.165, 1.54) is 5.57 Å². The van der Waals surface area contributed by atoms with E-state index in [0.29, 0.717) is 0 Å². The van der Waals surface area contributed by atoms with Crippen molar-refractivity contribution < 1.29 is 14.7 Å². The predicted octanol–water partition coefficient (Wildman–Crippen LogP) is 6.30. The number of allylic oxidation sites excluding steroid dienone is 4. The van der Waals surface area contributed by atoms with E-state index in [1.54, 1.807) is 6.08 Å². The van der Waals surface area contributed by atoms with Crippen LogP contribution < -0.4 is 0 Å². The molecule has 0 amide bonds. The summed E-state index contributed by atoms with van der Waals surface area (Å²) in [5.74, 6) is 0.853. The van der Waals surface area contributed by atoms with Gasteiger partial charge in [0, 0.05) is 28.8 Å². The van der Waals surface area contributed by atoms with Crippen LogP contribution >= 0.6 is 0 Å². The average Bonchev–Trinajstić information content (AvgIpc) is 2.72. The Bertz CT molecular complexity index is 969. The zero-order valence-corrected chi connectivity index (χ0v) is 21.9. The number of aliphatic hydroxyl groups excluding tert-OH is 1. The second-order valence-corrected chi connectivity index (χ2v) is 14.5. The van der Waals surface area contributed by atoms with Gasteiger partial charge >= 0.3 is 0 Å². The van der Waals surface area contributed by atoms with E-state index in [2.05, 4.69) is 54.5 Å². The van der Waals surface area contributed by atoms with E-state index in [-0.39, 0.29) is 63.0 Å². The van der Waals surface area contributed by atoms with Crippen molar-refractivity contribution in [2.75, 3.05) is 6.61 Å². The molecule has 182 valence electrons. The molecule has 5 rings (SSSR count). The van der Waals surface area contributed by atoms with Crippen LogP contribution in [0, 0.1) is 50.2 Å². The fourth-order valence-electron chi connectivity index (χ4n) is 9.77. The Morgan fingerprint density at radius 3 is 2.27 bits per heavy atom. The zero-order chi connectivity index (χ0) is 24.2. The van der Waals surface area contributed by atoms with Crippen molar-refractivity contribution in [3.05, 3.63) is 23.8 Å². The fourth-order valence-corrected chi connectivity index (χ4v) is 9.77. The minimum atomic E-state index is -0.429. The van der Waals surface area contributed by atoms with Crippen LogP contribution in [-0.2, 0) is 9.59 Å². The first kappa shape index (κ1) is 23.5. The maximum absolute atomic E-state index is 14.2. The van der Waals surface area contributed by atoms with Gasteiger partial charge in [-0.15, -0.1) is 0 Å². The van der Waals surface area contributed by atoms with E-state index in [9.17, 15) is 14.7 Å². The first-order valence-corrected chi connectivity index (χ1v) is 13.3. The Kier molecular flexibility index (Phi) is 4.78. The lowest BCUT2D eigenvalue weighted by Crippen LogP contribution is -2.65. The highest BCUT2D eigenvalue weighted by Crippen LogP contribution is 2.74. The predicted molar refractivity (Wildman–Crippen MR) is 131 cm³/mol. The molecule has 1 unspecified atom stereocenters. The molecule has 5 aliphatic carbocycles. The summed E-state index contributed by atoms with van der Waals surface area (Å²) in [6.07, 6.45) is 13.3. The molecule has 0 heterocycles. The van der Waals surface area contributed by atoms with Gasteiger partial charge in [0.1, 0.15) is 0 Å². The van der Waals surface area contributed by atoms with E-state index in [4.69, 9.17) is 0 Å². The molecule has 0 spiro atoms. The summed E-state index contributed by atoms with van der Waals surface area (Å²) in [7, 11) is 0. The van der Waals surface area contributed by atoms with Gasteiger partial charge in [0.2, 0.25) is 0 Å². The van der Waals surface area contributed by atoms with Crippen molar-refractivity contribution in [2.45, 2.75) is 93.4 Å². The smallest absolute Gasteiger partial charge is 0.161 e. The maximum atomic E-state index is 14.2. The number of fused-ring (bicyclic) bond motifs is 7. The Hall–Kier alpha value is -1.22. The molecule has 3 nitrogen and oxygen atoms in total. The molecule has 0 bridgehead atoms. The molecule has 0 radical (unpaired) electrons. The summed E-state index contributed by atoms with van der Waals surface area (Å²) in [4.78, 5) is 27.0. The molecule has 0 aliphatic heterocycles. The number of carbonyl (C=O) groups is 2. The molecule has 0 saturated heterocycles.